The van der Waals surface area contributed by atoms with Crippen molar-refractivity contribution in [1.82, 2.24) is 14.8 Å². The third-order valence-corrected chi connectivity index (χ3v) is 5.10. The first-order valence-electron chi connectivity index (χ1n) is 9.09. The third kappa shape index (κ3) is 3.96. The lowest BCUT2D eigenvalue weighted by molar-refractivity contribution is 0.0526. The van der Waals surface area contributed by atoms with E-state index in [4.69, 9.17) is 4.74 Å². The number of nitrogens with zero attached hydrogens (tertiary/aromatic N) is 3. The number of carbonyl (C=O) groups is 2. The van der Waals surface area contributed by atoms with Gasteiger partial charge in [0.15, 0.2) is 10.8 Å². The molecule has 2 heterocycles. The molecule has 0 atom stereocenters. The van der Waals surface area contributed by atoms with Gasteiger partial charge in [-0.15, -0.1) is 0 Å². The van der Waals surface area contributed by atoms with Crippen LogP contribution in [0.5, 0.6) is 0 Å². The molecule has 2 aromatic carbocycles. The minimum Gasteiger partial charge on any atom is -0.462 e. The predicted octanol–water partition coefficient (Wildman–Crippen LogP) is 3.27. The number of benzene rings is 2. The van der Waals surface area contributed by atoms with Crippen LogP contribution in [0.3, 0.4) is 0 Å². The number of hydrogen-bond donors (Lipinski definition) is 1. The van der Waals surface area contributed by atoms with Gasteiger partial charge in [-0.05, 0) is 37.3 Å². The first kappa shape index (κ1) is 19.5. The van der Waals surface area contributed by atoms with Gasteiger partial charge in [-0.1, -0.05) is 29.5 Å². The summed E-state index contributed by atoms with van der Waals surface area (Å²) in [5.41, 5.74) is 1.00. The van der Waals surface area contributed by atoms with Crippen LogP contribution in [0, 0.1) is 0 Å². The Morgan fingerprint density at radius 3 is 2.70 bits per heavy atom. The van der Waals surface area contributed by atoms with Gasteiger partial charge in [-0.2, -0.15) is 5.10 Å². The number of nitrogens with one attached hydrogen (secondary N) is 1. The summed E-state index contributed by atoms with van der Waals surface area (Å²) in [6.45, 7) is 2.02. The second-order valence-corrected chi connectivity index (χ2v) is 7.22. The number of ether oxygens (including phenoxy) is 1. The topological polar surface area (TPSA) is 103 Å². The van der Waals surface area contributed by atoms with E-state index in [1.54, 1.807) is 25.1 Å². The lowest BCUT2D eigenvalue weighted by Gasteiger charge is -2.06. The number of fused-ring (bicyclic) bond motifs is 1. The molecule has 0 bridgehead atoms. The molecule has 2 aromatic heterocycles. The zero-order valence-corrected chi connectivity index (χ0v) is 16.7. The molecule has 0 aliphatic heterocycles. The van der Waals surface area contributed by atoms with E-state index in [0.717, 1.165) is 5.69 Å². The number of amides is 1. The maximum atomic E-state index is 12.7. The van der Waals surface area contributed by atoms with Crippen LogP contribution in [-0.2, 0) is 4.74 Å². The third-order valence-electron chi connectivity index (χ3n) is 4.16. The molecule has 1 amide bonds. The van der Waals surface area contributed by atoms with Crippen LogP contribution < -0.4 is 10.7 Å². The Morgan fingerprint density at radius 2 is 1.93 bits per heavy atom. The van der Waals surface area contributed by atoms with E-state index in [-0.39, 0.29) is 12.3 Å². The van der Waals surface area contributed by atoms with Crippen molar-refractivity contribution >= 4 is 38.6 Å². The molecule has 0 aliphatic rings. The molecular weight excluding hydrogens is 404 g/mol. The molecule has 0 spiro atoms. The van der Waals surface area contributed by atoms with Gasteiger partial charge in [-0.3, -0.25) is 14.9 Å². The molecule has 0 saturated carbocycles. The summed E-state index contributed by atoms with van der Waals surface area (Å²) in [6, 6.07) is 15.4. The maximum absolute atomic E-state index is 12.7. The zero-order valence-electron chi connectivity index (χ0n) is 15.9. The van der Waals surface area contributed by atoms with E-state index in [1.807, 2.05) is 30.3 Å². The van der Waals surface area contributed by atoms with Gasteiger partial charge in [0.05, 0.1) is 28.1 Å². The Hall–Kier alpha value is -3.85. The number of hydrogen-bond acceptors (Lipinski definition) is 7. The Morgan fingerprint density at radius 1 is 1.13 bits per heavy atom. The standard InChI is InChI=1S/C21H16N4O4S/c1-2-29-20(28)13-8-9-15-17(12-13)30-21(22-15)23-19(27)18-16(26)10-11-25(24-18)14-6-4-3-5-7-14/h3-12H,2H2,1H3,(H,22,23,27). The number of rotatable bonds is 5. The van der Waals surface area contributed by atoms with Crippen molar-refractivity contribution in [2.45, 2.75) is 6.92 Å². The van der Waals surface area contributed by atoms with E-state index in [2.05, 4.69) is 15.4 Å². The molecule has 0 aliphatic carbocycles. The minimum absolute atomic E-state index is 0.243. The zero-order chi connectivity index (χ0) is 21.1. The quantitative estimate of drug-likeness (QED) is 0.497. The van der Waals surface area contributed by atoms with Gasteiger partial charge in [0, 0.05) is 12.3 Å². The average Bonchev–Trinajstić information content (AvgIpc) is 3.16. The number of carbonyl (C=O) groups excluding carboxylic acids is 2. The molecule has 0 fully saturated rings. The molecule has 0 unspecified atom stereocenters. The van der Waals surface area contributed by atoms with Crippen molar-refractivity contribution in [3.8, 4) is 5.69 Å². The number of anilines is 1. The molecule has 4 rings (SSSR count). The summed E-state index contributed by atoms with van der Waals surface area (Å²) in [6.07, 6.45) is 1.50. The summed E-state index contributed by atoms with van der Waals surface area (Å²) >= 11 is 1.19. The van der Waals surface area contributed by atoms with Gasteiger partial charge in [-0.25, -0.2) is 14.5 Å². The Bertz CT molecular complexity index is 1300. The van der Waals surface area contributed by atoms with Crippen LogP contribution >= 0.6 is 11.3 Å². The van der Waals surface area contributed by atoms with E-state index in [9.17, 15) is 14.4 Å². The summed E-state index contributed by atoms with van der Waals surface area (Å²) < 4.78 is 7.16. The van der Waals surface area contributed by atoms with Gasteiger partial charge in [0.1, 0.15) is 0 Å². The van der Waals surface area contributed by atoms with Crippen LogP contribution in [0.4, 0.5) is 5.13 Å². The second-order valence-electron chi connectivity index (χ2n) is 6.18. The average molecular weight is 420 g/mol. The highest BCUT2D eigenvalue weighted by atomic mass is 32.1. The fourth-order valence-corrected chi connectivity index (χ4v) is 3.67. The highest BCUT2D eigenvalue weighted by Crippen LogP contribution is 2.27. The number of esters is 1. The molecule has 4 aromatic rings. The van der Waals surface area contributed by atoms with E-state index >= 15 is 0 Å². The fourth-order valence-electron chi connectivity index (χ4n) is 2.77. The molecule has 9 heteroatoms. The largest absolute Gasteiger partial charge is 0.462 e. The minimum atomic E-state index is -0.657. The SMILES string of the molecule is CCOC(=O)c1ccc2nc(NC(=O)c3nn(-c4ccccc4)ccc3=O)sc2c1. The lowest BCUT2D eigenvalue weighted by Crippen LogP contribution is -2.25. The van der Waals surface area contributed by atoms with Gasteiger partial charge in [0.25, 0.3) is 5.91 Å². The van der Waals surface area contributed by atoms with Gasteiger partial charge < -0.3 is 4.74 Å². The Labute approximate surface area is 174 Å². The van der Waals surface area contributed by atoms with E-state index < -0.39 is 17.3 Å². The van der Waals surface area contributed by atoms with Crippen LogP contribution in [-0.4, -0.2) is 33.2 Å². The van der Waals surface area contributed by atoms with Crippen LogP contribution in [0.25, 0.3) is 15.9 Å². The van der Waals surface area contributed by atoms with Gasteiger partial charge >= 0.3 is 5.97 Å². The van der Waals surface area contributed by atoms with Crippen LogP contribution in [0.15, 0.2) is 65.6 Å². The van der Waals surface area contributed by atoms with Crippen LogP contribution in [0.2, 0.25) is 0 Å². The van der Waals surface area contributed by atoms with E-state index in [0.29, 0.717) is 20.9 Å². The summed E-state index contributed by atoms with van der Waals surface area (Å²) in [5, 5.41) is 7.07. The molecule has 1 N–H and O–H groups in total. The molecule has 8 nitrogen and oxygen atoms in total. The Kier molecular flexibility index (Phi) is 5.36. The molecule has 150 valence electrons. The van der Waals surface area contributed by atoms with Crippen molar-refractivity contribution in [2.75, 3.05) is 11.9 Å². The molecular formula is C21H16N4O4S. The maximum Gasteiger partial charge on any atom is 0.338 e. The molecule has 0 radical (unpaired) electrons. The number of aromatic nitrogens is 3. The number of para-hydroxylation sites is 1. The monoisotopic (exact) mass is 420 g/mol. The second kappa shape index (κ2) is 8.26. The summed E-state index contributed by atoms with van der Waals surface area (Å²) in [7, 11) is 0. The smallest absolute Gasteiger partial charge is 0.338 e. The Balaban J connectivity index is 1.60. The van der Waals surface area contributed by atoms with E-state index in [1.165, 1.54) is 28.3 Å². The molecule has 0 saturated heterocycles. The van der Waals surface area contributed by atoms with Crippen molar-refractivity contribution in [3.05, 3.63) is 82.3 Å². The highest BCUT2D eigenvalue weighted by Gasteiger charge is 2.16. The first-order valence-corrected chi connectivity index (χ1v) is 9.91. The number of thiazole rings is 1. The van der Waals surface area contributed by atoms with Crippen molar-refractivity contribution in [1.29, 1.82) is 0 Å². The van der Waals surface area contributed by atoms with Crippen molar-refractivity contribution < 1.29 is 14.3 Å². The normalized spacial score (nSPS) is 10.7. The summed E-state index contributed by atoms with van der Waals surface area (Å²) in [4.78, 5) is 41.1. The molecule has 30 heavy (non-hydrogen) atoms. The lowest BCUT2D eigenvalue weighted by atomic mass is 10.2. The van der Waals surface area contributed by atoms with Gasteiger partial charge in [0.2, 0.25) is 5.43 Å². The fraction of sp³-hybridized carbons (Fsp3) is 0.0952. The summed E-state index contributed by atoms with van der Waals surface area (Å²) in [5.74, 6) is -1.08. The first-order chi connectivity index (χ1) is 14.5. The highest BCUT2D eigenvalue weighted by molar-refractivity contribution is 7.22. The predicted molar refractivity (Wildman–Crippen MR) is 113 cm³/mol. The van der Waals surface area contributed by atoms with Crippen molar-refractivity contribution in [3.63, 3.8) is 0 Å². The van der Waals surface area contributed by atoms with Crippen molar-refractivity contribution in [2.24, 2.45) is 0 Å². The van der Waals surface area contributed by atoms with Crippen LogP contribution in [0.1, 0.15) is 27.8 Å².